The number of fused-ring (bicyclic) bond motifs is 1. The largest absolute Gasteiger partial charge is 0.373 e. The second-order valence-corrected chi connectivity index (χ2v) is 9.90. The van der Waals surface area contributed by atoms with Crippen LogP contribution in [0.25, 0.3) is 0 Å². The van der Waals surface area contributed by atoms with Crippen LogP contribution in [-0.2, 0) is 21.3 Å². The summed E-state index contributed by atoms with van der Waals surface area (Å²) in [6.45, 7) is 7.88. The average Bonchev–Trinajstić information content (AvgIpc) is 3.16. The lowest BCUT2D eigenvalue weighted by molar-refractivity contribution is -0.0502. The van der Waals surface area contributed by atoms with E-state index in [1.807, 2.05) is 13.0 Å². The third-order valence-corrected chi connectivity index (χ3v) is 7.22. The van der Waals surface area contributed by atoms with Crippen molar-refractivity contribution < 1.29 is 13.2 Å². The van der Waals surface area contributed by atoms with Crippen LogP contribution in [0.2, 0.25) is 0 Å². The minimum Gasteiger partial charge on any atom is -0.373 e. The van der Waals surface area contributed by atoms with Crippen molar-refractivity contribution in [3.8, 4) is 0 Å². The lowest BCUT2D eigenvalue weighted by Gasteiger charge is -2.36. The number of hydrogen-bond acceptors (Lipinski definition) is 5. The number of likely N-dealkylation sites (tertiary alicyclic amines) is 1. The van der Waals surface area contributed by atoms with Crippen LogP contribution in [0.5, 0.6) is 0 Å². The van der Waals surface area contributed by atoms with Crippen LogP contribution in [0.4, 0.5) is 0 Å². The van der Waals surface area contributed by atoms with E-state index in [-0.39, 0.29) is 30.1 Å². The molecule has 0 spiro atoms. The van der Waals surface area contributed by atoms with E-state index in [0.29, 0.717) is 25.7 Å². The standard InChI is InChI=1S/C21H35N5O3S.HI/c1-4-26(30(3,27)28)12-8-11-23-21(22-2)25-16-19-20(17-25)29-14-13-24(19)15-18-9-6-5-7-10-18;/h5-7,9-10,19-20H,4,8,11-17H2,1-3H3,(H,22,23);1H. The first kappa shape index (κ1) is 26.3. The normalized spacial score (nSPS) is 22.3. The molecule has 3 rings (SSSR count). The van der Waals surface area contributed by atoms with Crippen LogP contribution in [0, 0.1) is 0 Å². The Bertz CT molecular complexity index is 808. The monoisotopic (exact) mass is 565 g/mol. The molecule has 0 amide bonds. The summed E-state index contributed by atoms with van der Waals surface area (Å²) in [7, 11) is -1.35. The van der Waals surface area contributed by atoms with E-state index in [2.05, 4.69) is 44.4 Å². The first-order valence-electron chi connectivity index (χ1n) is 10.7. The molecule has 2 aliphatic heterocycles. The number of guanidine groups is 1. The molecule has 31 heavy (non-hydrogen) atoms. The van der Waals surface area contributed by atoms with Gasteiger partial charge in [-0.3, -0.25) is 9.89 Å². The smallest absolute Gasteiger partial charge is 0.211 e. The predicted molar refractivity (Wildman–Crippen MR) is 135 cm³/mol. The Morgan fingerprint density at radius 3 is 2.68 bits per heavy atom. The van der Waals surface area contributed by atoms with Gasteiger partial charge in [-0.1, -0.05) is 37.3 Å². The Labute approximate surface area is 204 Å². The fourth-order valence-electron chi connectivity index (χ4n) is 4.29. The van der Waals surface area contributed by atoms with Gasteiger partial charge < -0.3 is 15.0 Å². The number of aliphatic imine (C=N–C) groups is 1. The number of morpholine rings is 1. The number of sulfonamides is 1. The van der Waals surface area contributed by atoms with Gasteiger partial charge in [-0.05, 0) is 12.0 Å². The van der Waals surface area contributed by atoms with Gasteiger partial charge in [0.2, 0.25) is 10.0 Å². The van der Waals surface area contributed by atoms with Gasteiger partial charge in [0.1, 0.15) is 0 Å². The zero-order valence-corrected chi connectivity index (χ0v) is 21.9. The molecule has 0 bridgehead atoms. The molecular weight excluding hydrogens is 529 g/mol. The first-order valence-corrected chi connectivity index (χ1v) is 12.6. The van der Waals surface area contributed by atoms with Crippen molar-refractivity contribution in [1.82, 2.24) is 19.4 Å². The molecule has 10 heteroatoms. The first-order chi connectivity index (χ1) is 14.4. The molecule has 2 unspecified atom stereocenters. The van der Waals surface area contributed by atoms with Crippen LogP contribution < -0.4 is 5.32 Å². The summed E-state index contributed by atoms with van der Waals surface area (Å²) in [6, 6.07) is 10.9. The Kier molecular flexibility index (Phi) is 10.5. The van der Waals surface area contributed by atoms with Crippen molar-refractivity contribution in [2.45, 2.75) is 32.0 Å². The maximum Gasteiger partial charge on any atom is 0.211 e. The molecule has 2 fully saturated rings. The lowest BCUT2D eigenvalue weighted by atomic mass is 10.1. The molecule has 2 heterocycles. The number of rotatable bonds is 8. The van der Waals surface area contributed by atoms with Crippen LogP contribution in [0.1, 0.15) is 18.9 Å². The highest BCUT2D eigenvalue weighted by molar-refractivity contribution is 14.0. The molecule has 0 radical (unpaired) electrons. The fraction of sp³-hybridized carbons (Fsp3) is 0.667. The number of benzene rings is 1. The maximum atomic E-state index is 11.7. The molecule has 2 atom stereocenters. The highest BCUT2D eigenvalue weighted by Crippen LogP contribution is 2.24. The van der Waals surface area contributed by atoms with Gasteiger partial charge in [-0.2, -0.15) is 0 Å². The van der Waals surface area contributed by atoms with E-state index in [1.165, 1.54) is 16.1 Å². The third-order valence-electron chi connectivity index (χ3n) is 5.85. The number of ether oxygens (including phenoxy) is 1. The van der Waals surface area contributed by atoms with Gasteiger partial charge in [0, 0.05) is 52.9 Å². The molecular formula is C21H36IN5O3S. The van der Waals surface area contributed by atoms with Crippen LogP contribution in [0.3, 0.4) is 0 Å². The topological polar surface area (TPSA) is 77.5 Å². The van der Waals surface area contributed by atoms with E-state index in [4.69, 9.17) is 4.74 Å². The third kappa shape index (κ3) is 7.28. The van der Waals surface area contributed by atoms with E-state index in [0.717, 1.165) is 45.2 Å². The zero-order valence-electron chi connectivity index (χ0n) is 18.7. The Morgan fingerprint density at radius 2 is 2.03 bits per heavy atom. The minimum atomic E-state index is -3.14. The second kappa shape index (κ2) is 12.3. The molecule has 0 aromatic heterocycles. The van der Waals surface area contributed by atoms with Crippen molar-refractivity contribution >= 4 is 40.0 Å². The van der Waals surface area contributed by atoms with E-state index >= 15 is 0 Å². The molecule has 2 saturated heterocycles. The van der Waals surface area contributed by atoms with Crippen molar-refractivity contribution in [3.05, 3.63) is 35.9 Å². The molecule has 1 aromatic rings. The van der Waals surface area contributed by atoms with Gasteiger partial charge in [-0.25, -0.2) is 12.7 Å². The zero-order chi connectivity index (χ0) is 21.6. The van der Waals surface area contributed by atoms with Crippen molar-refractivity contribution in [2.24, 2.45) is 4.99 Å². The number of hydrogen-bond donors (Lipinski definition) is 1. The Hall–Kier alpha value is -0.950. The summed E-state index contributed by atoms with van der Waals surface area (Å²) in [4.78, 5) is 9.22. The maximum absolute atomic E-state index is 11.7. The summed E-state index contributed by atoms with van der Waals surface area (Å²) in [5.74, 6) is 0.857. The number of nitrogens with zero attached hydrogens (tertiary/aromatic N) is 4. The number of nitrogens with one attached hydrogen (secondary N) is 1. The van der Waals surface area contributed by atoms with Gasteiger partial charge in [-0.15, -0.1) is 24.0 Å². The predicted octanol–water partition coefficient (Wildman–Crippen LogP) is 1.44. The SMILES string of the molecule is CCN(CCCNC(=NC)N1CC2OCCN(Cc3ccccc3)C2C1)S(C)(=O)=O.I. The van der Waals surface area contributed by atoms with Crippen molar-refractivity contribution in [2.75, 3.05) is 59.2 Å². The quantitative estimate of drug-likeness (QED) is 0.223. The van der Waals surface area contributed by atoms with Gasteiger partial charge in [0.25, 0.3) is 0 Å². The van der Waals surface area contributed by atoms with Crippen LogP contribution in [-0.4, -0.2) is 99.8 Å². The van der Waals surface area contributed by atoms with Crippen LogP contribution >= 0.6 is 24.0 Å². The van der Waals surface area contributed by atoms with Crippen molar-refractivity contribution in [1.29, 1.82) is 0 Å². The Balaban J connectivity index is 0.00000341. The second-order valence-electron chi connectivity index (χ2n) is 7.92. The average molecular weight is 566 g/mol. The van der Waals surface area contributed by atoms with E-state index in [1.54, 1.807) is 7.05 Å². The summed E-state index contributed by atoms with van der Waals surface area (Å²) < 4.78 is 31.0. The summed E-state index contributed by atoms with van der Waals surface area (Å²) in [5.41, 5.74) is 1.32. The fourth-order valence-corrected chi connectivity index (χ4v) is 5.22. The molecule has 1 N–H and O–H groups in total. The van der Waals surface area contributed by atoms with Crippen molar-refractivity contribution in [3.63, 3.8) is 0 Å². The summed E-state index contributed by atoms with van der Waals surface area (Å²) >= 11 is 0. The van der Waals surface area contributed by atoms with Crippen LogP contribution in [0.15, 0.2) is 35.3 Å². The minimum absolute atomic E-state index is 0. The molecule has 0 aliphatic carbocycles. The molecule has 176 valence electrons. The van der Waals surface area contributed by atoms with E-state index in [9.17, 15) is 8.42 Å². The Morgan fingerprint density at radius 1 is 1.29 bits per heavy atom. The van der Waals surface area contributed by atoms with Gasteiger partial charge in [0.15, 0.2) is 5.96 Å². The van der Waals surface area contributed by atoms with Gasteiger partial charge in [0.05, 0.1) is 25.0 Å². The molecule has 2 aliphatic rings. The molecule has 1 aromatic carbocycles. The van der Waals surface area contributed by atoms with Gasteiger partial charge >= 0.3 is 0 Å². The molecule has 0 saturated carbocycles. The highest BCUT2D eigenvalue weighted by Gasteiger charge is 2.41. The van der Waals surface area contributed by atoms with E-state index < -0.39 is 10.0 Å². The summed E-state index contributed by atoms with van der Waals surface area (Å²) in [6.07, 6.45) is 2.18. The highest BCUT2D eigenvalue weighted by atomic mass is 127. The number of halogens is 1. The lowest BCUT2D eigenvalue weighted by Crippen LogP contribution is -2.50. The summed E-state index contributed by atoms with van der Waals surface area (Å²) in [5, 5.41) is 3.40. The molecule has 8 nitrogen and oxygen atoms in total.